The molecule has 82 valence electrons. The molecule has 0 spiro atoms. The lowest BCUT2D eigenvalue weighted by molar-refractivity contribution is -0.119. The quantitative estimate of drug-likeness (QED) is 0.633. The molecule has 1 aliphatic heterocycles. The minimum atomic E-state index is -0.220. The molecule has 1 amide bonds. The van der Waals surface area contributed by atoms with Gasteiger partial charge in [0.2, 0.25) is 5.91 Å². The largest absolute Gasteiger partial charge is 0.508 e. The van der Waals surface area contributed by atoms with Crippen molar-refractivity contribution in [2.75, 3.05) is 6.54 Å². The zero-order valence-electron chi connectivity index (χ0n) is 8.52. The van der Waals surface area contributed by atoms with Crippen LogP contribution in [0.15, 0.2) is 30.3 Å². The van der Waals surface area contributed by atoms with Crippen molar-refractivity contribution in [1.82, 2.24) is 5.32 Å². The molecule has 1 atom stereocenters. The van der Waals surface area contributed by atoms with Crippen LogP contribution in [0.25, 0.3) is 0 Å². The second-order valence-electron chi connectivity index (χ2n) is 3.39. The fraction of sp³-hybridized carbons (Fsp3) is 0.364. The highest BCUT2D eigenvalue weighted by atomic mass is 16.3. The molecule has 0 bridgehead atoms. The van der Waals surface area contributed by atoms with Crippen molar-refractivity contribution in [3.63, 3.8) is 0 Å². The standard InChI is InChI=1S/C6H6O.C5H10N2O/c7-6-4-2-1-3-5-6;6-5(8)4-2-1-3-7-4/h1-5,7H;4,7H,1-3H2,(H2,6,8)/t;4-/m.0/s1. The molecule has 1 saturated heterocycles. The Morgan fingerprint density at radius 3 is 2.33 bits per heavy atom. The minimum absolute atomic E-state index is 0.0463. The van der Waals surface area contributed by atoms with Crippen molar-refractivity contribution in [3.05, 3.63) is 30.3 Å². The Morgan fingerprint density at radius 1 is 1.40 bits per heavy atom. The van der Waals surface area contributed by atoms with Gasteiger partial charge in [-0.3, -0.25) is 4.79 Å². The van der Waals surface area contributed by atoms with Crippen LogP contribution in [-0.4, -0.2) is 23.6 Å². The van der Waals surface area contributed by atoms with E-state index in [1.807, 2.05) is 6.07 Å². The predicted molar refractivity (Wildman–Crippen MR) is 58.3 cm³/mol. The average Bonchev–Trinajstić information content (AvgIpc) is 2.72. The molecule has 0 radical (unpaired) electrons. The number of primary amides is 1. The summed E-state index contributed by atoms with van der Waals surface area (Å²) in [5, 5.41) is 11.6. The molecule has 4 heteroatoms. The number of benzene rings is 1. The predicted octanol–water partition coefficient (Wildman–Crippen LogP) is 0.616. The number of aromatic hydroxyl groups is 1. The minimum Gasteiger partial charge on any atom is -0.508 e. The number of hydrogen-bond donors (Lipinski definition) is 3. The second kappa shape index (κ2) is 6.03. The van der Waals surface area contributed by atoms with E-state index < -0.39 is 0 Å². The van der Waals surface area contributed by atoms with Gasteiger partial charge in [0.15, 0.2) is 0 Å². The summed E-state index contributed by atoms with van der Waals surface area (Å²) in [6.07, 6.45) is 1.99. The molecule has 0 saturated carbocycles. The lowest BCUT2D eigenvalue weighted by Crippen LogP contribution is -2.36. The van der Waals surface area contributed by atoms with Crippen LogP contribution in [0.1, 0.15) is 12.8 Å². The van der Waals surface area contributed by atoms with E-state index in [1.165, 1.54) is 0 Å². The Morgan fingerprint density at radius 2 is 2.07 bits per heavy atom. The molecule has 4 nitrogen and oxygen atoms in total. The van der Waals surface area contributed by atoms with Gasteiger partial charge in [0, 0.05) is 0 Å². The average molecular weight is 208 g/mol. The maximum Gasteiger partial charge on any atom is 0.234 e. The van der Waals surface area contributed by atoms with Gasteiger partial charge in [0.05, 0.1) is 6.04 Å². The van der Waals surface area contributed by atoms with Crippen LogP contribution in [0.5, 0.6) is 5.75 Å². The Kier molecular flexibility index (Phi) is 4.63. The van der Waals surface area contributed by atoms with Gasteiger partial charge in [-0.2, -0.15) is 0 Å². The van der Waals surface area contributed by atoms with E-state index >= 15 is 0 Å². The molecule has 0 aromatic heterocycles. The number of phenolic OH excluding ortho intramolecular Hbond substituents is 1. The molecule has 15 heavy (non-hydrogen) atoms. The second-order valence-corrected chi connectivity index (χ2v) is 3.39. The SMILES string of the molecule is NC(=O)[C@@H]1CCCN1.Oc1ccccc1. The van der Waals surface area contributed by atoms with Crippen LogP contribution in [-0.2, 0) is 4.79 Å². The summed E-state index contributed by atoms with van der Waals surface area (Å²) >= 11 is 0. The molecule has 2 rings (SSSR count). The van der Waals surface area contributed by atoms with Crippen LogP contribution in [0, 0.1) is 0 Å². The number of nitrogens with two attached hydrogens (primary N) is 1. The van der Waals surface area contributed by atoms with Crippen molar-refractivity contribution in [2.24, 2.45) is 5.73 Å². The highest BCUT2D eigenvalue weighted by molar-refractivity contribution is 5.80. The first-order chi connectivity index (χ1) is 7.20. The van der Waals surface area contributed by atoms with Crippen LogP contribution < -0.4 is 11.1 Å². The smallest absolute Gasteiger partial charge is 0.234 e. The van der Waals surface area contributed by atoms with Gasteiger partial charge in [-0.05, 0) is 31.5 Å². The zero-order valence-corrected chi connectivity index (χ0v) is 8.52. The van der Waals surface area contributed by atoms with Gasteiger partial charge in [-0.15, -0.1) is 0 Å². The highest BCUT2D eigenvalue weighted by Gasteiger charge is 2.18. The molecule has 1 aromatic rings. The summed E-state index contributed by atoms with van der Waals surface area (Å²) in [5.74, 6) is 0.102. The maximum atomic E-state index is 10.4. The van der Waals surface area contributed by atoms with E-state index in [1.54, 1.807) is 24.3 Å². The molecule has 0 unspecified atom stereocenters. The molecule has 4 N–H and O–H groups in total. The summed E-state index contributed by atoms with van der Waals surface area (Å²) in [4.78, 5) is 10.4. The van der Waals surface area contributed by atoms with Crippen LogP contribution >= 0.6 is 0 Å². The number of carbonyl (C=O) groups excluding carboxylic acids is 1. The van der Waals surface area contributed by atoms with Gasteiger partial charge >= 0.3 is 0 Å². The van der Waals surface area contributed by atoms with Crippen molar-refractivity contribution < 1.29 is 9.90 Å². The fourth-order valence-electron chi connectivity index (χ4n) is 1.36. The molecular weight excluding hydrogens is 192 g/mol. The van der Waals surface area contributed by atoms with Gasteiger partial charge in [0.25, 0.3) is 0 Å². The first-order valence-corrected chi connectivity index (χ1v) is 4.97. The van der Waals surface area contributed by atoms with Crippen molar-refractivity contribution in [2.45, 2.75) is 18.9 Å². The number of rotatable bonds is 1. The number of phenols is 1. The summed E-state index contributed by atoms with van der Waals surface area (Å²) in [6.45, 7) is 0.938. The lowest BCUT2D eigenvalue weighted by Gasteiger charge is -2.01. The summed E-state index contributed by atoms with van der Waals surface area (Å²) < 4.78 is 0. The van der Waals surface area contributed by atoms with Crippen LogP contribution in [0.4, 0.5) is 0 Å². The third-order valence-corrected chi connectivity index (χ3v) is 2.16. The van der Waals surface area contributed by atoms with Gasteiger partial charge in [-0.1, -0.05) is 18.2 Å². The first kappa shape index (κ1) is 11.5. The molecule has 0 aliphatic carbocycles. The topological polar surface area (TPSA) is 75.4 Å². The monoisotopic (exact) mass is 208 g/mol. The molecule has 1 aromatic carbocycles. The Bertz CT molecular complexity index is 295. The normalized spacial score (nSPS) is 19.1. The van der Waals surface area contributed by atoms with E-state index in [4.69, 9.17) is 10.8 Å². The lowest BCUT2D eigenvalue weighted by atomic mass is 10.2. The number of para-hydroxylation sites is 1. The van der Waals surface area contributed by atoms with Crippen LogP contribution in [0.2, 0.25) is 0 Å². The first-order valence-electron chi connectivity index (χ1n) is 4.97. The van der Waals surface area contributed by atoms with Crippen molar-refractivity contribution in [1.29, 1.82) is 0 Å². The van der Waals surface area contributed by atoms with E-state index in [-0.39, 0.29) is 11.9 Å². The van der Waals surface area contributed by atoms with Gasteiger partial charge in [0.1, 0.15) is 5.75 Å². The third kappa shape index (κ3) is 4.46. The molecule has 1 heterocycles. The van der Waals surface area contributed by atoms with E-state index in [2.05, 4.69) is 5.32 Å². The Hall–Kier alpha value is -1.55. The number of carbonyl (C=O) groups is 1. The summed E-state index contributed by atoms with van der Waals surface area (Å²) in [5.41, 5.74) is 5.00. The summed E-state index contributed by atoms with van der Waals surface area (Å²) in [7, 11) is 0. The van der Waals surface area contributed by atoms with E-state index in [9.17, 15) is 4.79 Å². The number of amides is 1. The molecule has 1 aliphatic rings. The summed E-state index contributed by atoms with van der Waals surface area (Å²) in [6, 6.07) is 8.67. The third-order valence-electron chi connectivity index (χ3n) is 2.16. The molecule has 1 fully saturated rings. The number of hydrogen-bond acceptors (Lipinski definition) is 3. The van der Waals surface area contributed by atoms with E-state index in [0.717, 1.165) is 19.4 Å². The van der Waals surface area contributed by atoms with Gasteiger partial charge < -0.3 is 16.2 Å². The number of nitrogens with one attached hydrogen (secondary N) is 1. The van der Waals surface area contributed by atoms with Crippen LogP contribution in [0.3, 0.4) is 0 Å². The highest BCUT2D eigenvalue weighted by Crippen LogP contribution is 2.03. The maximum absolute atomic E-state index is 10.4. The Labute approximate surface area is 89.1 Å². The van der Waals surface area contributed by atoms with Gasteiger partial charge in [-0.25, -0.2) is 0 Å². The fourth-order valence-corrected chi connectivity index (χ4v) is 1.36. The van der Waals surface area contributed by atoms with E-state index in [0.29, 0.717) is 5.75 Å². The van der Waals surface area contributed by atoms with Crippen molar-refractivity contribution >= 4 is 5.91 Å². The van der Waals surface area contributed by atoms with Crippen molar-refractivity contribution in [3.8, 4) is 5.75 Å². The zero-order chi connectivity index (χ0) is 11.1. The molecular formula is C11H16N2O2. The Balaban J connectivity index is 0.000000151.